The van der Waals surface area contributed by atoms with Crippen LogP contribution in [0.15, 0.2) is 34.1 Å². The van der Waals surface area contributed by atoms with E-state index in [4.69, 9.17) is 23.2 Å². The van der Waals surface area contributed by atoms with Crippen molar-refractivity contribution in [2.45, 2.75) is 6.54 Å². The van der Waals surface area contributed by atoms with Crippen LogP contribution in [0, 0.1) is 0 Å². The van der Waals surface area contributed by atoms with Crippen molar-refractivity contribution in [1.29, 1.82) is 0 Å². The van der Waals surface area contributed by atoms with Gasteiger partial charge >= 0.3 is 5.69 Å². The Balaban J connectivity index is 2.08. The van der Waals surface area contributed by atoms with Gasteiger partial charge in [0.2, 0.25) is 0 Å². The first-order chi connectivity index (χ1) is 11.3. The maximum Gasteiger partial charge on any atom is 0.332 e. The summed E-state index contributed by atoms with van der Waals surface area (Å²) in [5.74, 6) is -0.260. The van der Waals surface area contributed by atoms with Gasteiger partial charge in [0, 0.05) is 19.7 Å². The molecular formula is C15H12Cl2N4O3. The molecule has 0 N–H and O–H groups in total. The van der Waals surface area contributed by atoms with Gasteiger partial charge in [-0.3, -0.25) is 18.7 Å². The van der Waals surface area contributed by atoms with Crippen LogP contribution in [0.1, 0.15) is 10.4 Å². The third-order valence-electron chi connectivity index (χ3n) is 3.77. The second-order valence-electron chi connectivity index (χ2n) is 5.30. The van der Waals surface area contributed by atoms with Crippen molar-refractivity contribution in [1.82, 2.24) is 18.7 Å². The van der Waals surface area contributed by atoms with E-state index in [9.17, 15) is 14.4 Å². The number of rotatable bonds is 3. The van der Waals surface area contributed by atoms with Crippen LogP contribution in [0.2, 0.25) is 10.0 Å². The molecule has 0 aliphatic heterocycles. The summed E-state index contributed by atoms with van der Waals surface area (Å²) in [6.07, 6.45) is 1.36. The molecule has 0 aliphatic carbocycles. The van der Waals surface area contributed by atoms with Crippen LogP contribution in [-0.2, 0) is 20.6 Å². The Hall–Kier alpha value is -2.38. The number of nitrogens with zero attached hydrogens (tertiary/aromatic N) is 4. The lowest BCUT2D eigenvalue weighted by atomic mass is 10.1. The molecule has 0 atom stereocenters. The van der Waals surface area contributed by atoms with Crippen molar-refractivity contribution < 1.29 is 4.79 Å². The van der Waals surface area contributed by atoms with E-state index in [-0.39, 0.29) is 28.5 Å². The van der Waals surface area contributed by atoms with E-state index in [0.717, 1.165) is 4.57 Å². The maximum absolute atomic E-state index is 12.4. The van der Waals surface area contributed by atoms with Crippen LogP contribution in [0.3, 0.4) is 0 Å². The van der Waals surface area contributed by atoms with Crippen LogP contribution in [0.25, 0.3) is 11.2 Å². The number of aryl methyl sites for hydroxylation is 1. The normalized spacial score (nSPS) is 11.2. The Morgan fingerprint density at radius 1 is 1.12 bits per heavy atom. The van der Waals surface area contributed by atoms with E-state index in [2.05, 4.69) is 4.98 Å². The van der Waals surface area contributed by atoms with Gasteiger partial charge in [-0.25, -0.2) is 9.78 Å². The summed E-state index contributed by atoms with van der Waals surface area (Å²) < 4.78 is 3.66. The van der Waals surface area contributed by atoms with Crippen molar-refractivity contribution in [3.63, 3.8) is 0 Å². The lowest BCUT2D eigenvalue weighted by Gasteiger charge is -2.07. The number of imidazole rings is 1. The molecule has 0 fully saturated rings. The van der Waals surface area contributed by atoms with Crippen LogP contribution in [-0.4, -0.2) is 24.5 Å². The van der Waals surface area contributed by atoms with Gasteiger partial charge < -0.3 is 4.57 Å². The van der Waals surface area contributed by atoms with E-state index in [0.29, 0.717) is 10.6 Å². The summed E-state index contributed by atoms with van der Waals surface area (Å²) in [5.41, 5.74) is -0.202. The minimum Gasteiger partial charge on any atom is -0.317 e. The van der Waals surface area contributed by atoms with Crippen LogP contribution in [0.5, 0.6) is 0 Å². The smallest absolute Gasteiger partial charge is 0.317 e. The number of benzene rings is 1. The summed E-state index contributed by atoms with van der Waals surface area (Å²) in [5, 5.41) is 0.626. The van der Waals surface area contributed by atoms with Crippen molar-refractivity contribution in [2.75, 3.05) is 0 Å². The topological polar surface area (TPSA) is 78.9 Å². The monoisotopic (exact) mass is 366 g/mol. The molecule has 0 radical (unpaired) electrons. The van der Waals surface area contributed by atoms with E-state index in [1.54, 1.807) is 6.07 Å². The molecule has 3 aromatic rings. The Kier molecular flexibility index (Phi) is 4.06. The van der Waals surface area contributed by atoms with Crippen LogP contribution < -0.4 is 11.2 Å². The molecule has 0 amide bonds. The summed E-state index contributed by atoms with van der Waals surface area (Å²) >= 11 is 11.8. The Labute approximate surface area is 145 Å². The van der Waals surface area contributed by atoms with E-state index < -0.39 is 11.2 Å². The first-order valence-electron chi connectivity index (χ1n) is 6.90. The summed E-state index contributed by atoms with van der Waals surface area (Å²) in [6, 6.07) is 4.56. The second kappa shape index (κ2) is 5.92. The first kappa shape index (κ1) is 16.5. The van der Waals surface area contributed by atoms with Crippen molar-refractivity contribution in [2.24, 2.45) is 14.1 Å². The molecule has 3 rings (SSSR count). The highest BCUT2D eigenvalue weighted by atomic mass is 35.5. The zero-order valence-corrected chi connectivity index (χ0v) is 14.3. The maximum atomic E-state index is 12.4. The number of halogens is 2. The third-order valence-corrected chi connectivity index (χ3v) is 4.51. The van der Waals surface area contributed by atoms with Gasteiger partial charge in [0.15, 0.2) is 16.9 Å². The molecule has 0 aliphatic rings. The summed E-state index contributed by atoms with van der Waals surface area (Å²) in [6.45, 7) is -0.109. The van der Waals surface area contributed by atoms with Gasteiger partial charge in [0.25, 0.3) is 5.56 Å². The quantitative estimate of drug-likeness (QED) is 0.659. The van der Waals surface area contributed by atoms with E-state index in [1.807, 2.05) is 0 Å². The number of aromatic nitrogens is 4. The zero-order valence-electron chi connectivity index (χ0n) is 12.8. The molecule has 124 valence electrons. The molecule has 7 nitrogen and oxygen atoms in total. The number of carbonyl (C=O) groups is 1. The molecule has 1 aromatic carbocycles. The summed E-state index contributed by atoms with van der Waals surface area (Å²) in [4.78, 5) is 40.8. The summed E-state index contributed by atoms with van der Waals surface area (Å²) in [7, 11) is 2.89. The fourth-order valence-corrected chi connectivity index (χ4v) is 2.73. The van der Waals surface area contributed by atoms with Gasteiger partial charge in [-0.15, -0.1) is 0 Å². The van der Waals surface area contributed by atoms with Gasteiger partial charge in [-0.2, -0.15) is 0 Å². The highest BCUT2D eigenvalue weighted by Gasteiger charge is 2.17. The predicted molar refractivity (Wildman–Crippen MR) is 91.0 cm³/mol. The zero-order chi connectivity index (χ0) is 17.6. The molecule has 0 saturated heterocycles. The van der Waals surface area contributed by atoms with Crippen LogP contribution >= 0.6 is 23.2 Å². The Bertz CT molecular complexity index is 1090. The molecule has 0 spiro atoms. The molecule has 9 heteroatoms. The highest BCUT2D eigenvalue weighted by Crippen LogP contribution is 2.23. The third kappa shape index (κ3) is 2.55. The van der Waals surface area contributed by atoms with Gasteiger partial charge in [-0.05, 0) is 18.2 Å². The predicted octanol–water partition coefficient (Wildman–Crippen LogP) is 1.62. The SMILES string of the molecule is Cn1c(=O)c2c(ncn2CC(=O)c2ccc(Cl)c(Cl)c2)n(C)c1=O. The standard InChI is InChI=1S/C15H12Cl2N4O3/c1-19-13-12(14(23)20(2)15(19)24)21(7-18-13)6-11(22)8-3-4-9(16)10(17)5-8/h3-5,7H,6H2,1-2H3. The number of hydrogen-bond acceptors (Lipinski definition) is 4. The number of fused-ring (bicyclic) bond motifs is 1. The highest BCUT2D eigenvalue weighted by molar-refractivity contribution is 6.42. The Morgan fingerprint density at radius 3 is 2.50 bits per heavy atom. The molecule has 0 bridgehead atoms. The second-order valence-corrected chi connectivity index (χ2v) is 6.12. The molecule has 24 heavy (non-hydrogen) atoms. The Morgan fingerprint density at radius 2 is 1.83 bits per heavy atom. The number of Topliss-reactive ketones (excluding diaryl/α,β-unsaturated/α-hetero) is 1. The fraction of sp³-hybridized carbons (Fsp3) is 0.200. The largest absolute Gasteiger partial charge is 0.332 e. The van der Waals surface area contributed by atoms with Crippen molar-refractivity contribution in [3.05, 3.63) is 61.0 Å². The minimum absolute atomic E-state index is 0.109. The van der Waals surface area contributed by atoms with E-state index in [1.165, 1.54) is 41.7 Å². The van der Waals surface area contributed by atoms with Gasteiger partial charge in [0.05, 0.1) is 22.9 Å². The van der Waals surface area contributed by atoms with Crippen molar-refractivity contribution in [3.8, 4) is 0 Å². The van der Waals surface area contributed by atoms with Crippen LogP contribution in [0.4, 0.5) is 0 Å². The molecule has 0 unspecified atom stereocenters. The van der Waals surface area contributed by atoms with Gasteiger partial charge in [0.1, 0.15) is 0 Å². The molecule has 2 heterocycles. The lowest BCUT2D eigenvalue weighted by Crippen LogP contribution is -2.37. The first-order valence-corrected chi connectivity index (χ1v) is 7.66. The molecule has 0 saturated carbocycles. The number of ketones is 1. The molecular weight excluding hydrogens is 355 g/mol. The van der Waals surface area contributed by atoms with Crippen molar-refractivity contribution >= 4 is 40.1 Å². The lowest BCUT2D eigenvalue weighted by molar-refractivity contribution is 0.0973. The minimum atomic E-state index is -0.507. The number of hydrogen-bond donors (Lipinski definition) is 0. The number of carbonyl (C=O) groups excluding carboxylic acids is 1. The molecule has 2 aromatic heterocycles. The fourth-order valence-electron chi connectivity index (χ4n) is 2.43. The average molecular weight is 367 g/mol. The average Bonchev–Trinajstić information content (AvgIpc) is 2.97. The van der Waals surface area contributed by atoms with Gasteiger partial charge in [-0.1, -0.05) is 23.2 Å². The van der Waals surface area contributed by atoms with E-state index >= 15 is 0 Å².